The minimum atomic E-state index is -0.816. The van der Waals surface area contributed by atoms with E-state index in [4.69, 9.17) is 25.8 Å². The van der Waals surface area contributed by atoms with Crippen molar-refractivity contribution in [2.45, 2.75) is 26.5 Å². The Morgan fingerprint density at radius 1 is 1.00 bits per heavy atom. The zero-order chi connectivity index (χ0) is 28.1. The van der Waals surface area contributed by atoms with Crippen molar-refractivity contribution in [3.05, 3.63) is 101 Å². The highest BCUT2D eigenvalue weighted by Gasteiger charge is 2.25. The molecule has 2 N–H and O–H groups in total. The van der Waals surface area contributed by atoms with E-state index in [1.807, 2.05) is 74.5 Å². The monoisotopic (exact) mass is 557 g/mol. The fourth-order valence-corrected chi connectivity index (χ4v) is 4.43. The molecule has 0 aliphatic carbocycles. The van der Waals surface area contributed by atoms with Gasteiger partial charge < -0.3 is 19.5 Å². The largest absolute Gasteiger partial charge is 0.488 e. The van der Waals surface area contributed by atoms with E-state index in [1.54, 1.807) is 24.4 Å². The van der Waals surface area contributed by atoms with Crippen LogP contribution in [0.5, 0.6) is 17.2 Å². The number of ether oxygens (including phenoxy) is 3. The molecule has 0 saturated heterocycles. The van der Waals surface area contributed by atoms with E-state index in [-0.39, 0.29) is 12.7 Å². The van der Waals surface area contributed by atoms with Crippen molar-refractivity contribution in [2.75, 3.05) is 6.79 Å². The van der Waals surface area contributed by atoms with Gasteiger partial charge in [0, 0.05) is 16.1 Å². The van der Waals surface area contributed by atoms with Gasteiger partial charge in [0.2, 0.25) is 6.79 Å². The van der Waals surface area contributed by atoms with E-state index < -0.39 is 17.9 Å². The Morgan fingerprint density at radius 3 is 2.58 bits per heavy atom. The summed E-state index contributed by atoms with van der Waals surface area (Å²) < 4.78 is 16.8. The first-order chi connectivity index (χ1) is 19.4. The van der Waals surface area contributed by atoms with Gasteiger partial charge in [-0.05, 0) is 58.7 Å². The summed E-state index contributed by atoms with van der Waals surface area (Å²) in [6.45, 7) is 4.15. The van der Waals surface area contributed by atoms with Gasteiger partial charge in [-0.25, -0.2) is 5.43 Å². The summed E-state index contributed by atoms with van der Waals surface area (Å²) in [4.78, 5) is 26.0. The smallest absolute Gasteiger partial charge is 0.262 e. The first-order valence-electron chi connectivity index (χ1n) is 12.8. The van der Waals surface area contributed by atoms with Gasteiger partial charge in [0.05, 0.1) is 6.21 Å². The van der Waals surface area contributed by atoms with Gasteiger partial charge in [-0.15, -0.1) is 0 Å². The summed E-state index contributed by atoms with van der Waals surface area (Å²) in [6.07, 6.45) is 1.56. The SMILES string of the molecule is CC(C)C(NC(=O)c1ccc2c(c1)OCO2)C(=O)NN=Cc1c(OCc2ccc(Cl)cc2)ccc2ccccc12. The van der Waals surface area contributed by atoms with E-state index in [0.717, 1.165) is 21.9 Å². The highest BCUT2D eigenvalue weighted by molar-refractivity contribution is 6.30. The Labute approximate surface area is 236 Å². The van der Waals surface area contributed by atoms with E-state index in [2.05, 4.69) is 15.8 Å². The standard InChI is InChI=1S/C31H28ClN3O5/c1-19(2)29(34-30(36)22-10-14-27-28(15-22)40-18-39-27)31(37)35-33-16-25-24-6-4-3-5-21(24)9-13-26(25)38-17-20-7-11-23(32)12-8-20/h3-16,19,29H,17-18H2,1-2H3,(H,34,36)(H,35,37). The van der Waals surface area contributed by atoms with E-state index in [1.165, 1.54) is 0 Å². The number of fused-ring (bicyclic) bond motifs is 2. The molecule has 8 nitrogen and oxygen atoms in total. The fourth-order valence-electron chi connectivity index (χ4n) is 4.30. The van der Waals surface area contributed by atoms with Gasteiger partial charge >= 0.3 is 0 Å². The molecule has 1 aliphatic heterocycles. The molecule has 204 valence electrons. The maximum absolute atomic E-state index is 13.1. The van der Waals surface area contributed by atoms with E-state index in [9.17, 15) is 9.59 Å². The van der Waals surface area contributed by atoms with Crippen molar-refractivity contribution in [1.82, 2.24) is 10.7 Å². The summed E-state index contributed by atoms with van der Waals surface area (Å²) >= 11 is 6.00. The van der Waals surface area contributed by atoms with Crippen molar-refractivity contribution >= 4 is 40.4 Å². The lowest BCUT2D eigenvalue weighted by Crippen LogP contribution is -2.48. The van der Waals surface area contributed by atoms with Crippen LogP contribution in [0.25, 0.3) is 10.8 Å². The van der Waals surface area contributed by atoms with Crippen LogP contribution in [0.2, 0.25) is 5.02 Å². The lowest BCUT2D eigenvalue weighted by molar-refractivity contribution is -0.123. The molecule has 1 atom stereocenters. The van der Waals surface area contributed by atoms with Gasteiger partial charge in [0.25, 0.3) is 11.8 Å². The second-order valence-corrected chi connectivity index (χ2v) is 10.0. The summed E-state index contributed by atoms with van der Waals surface area (Å²) in [5.74, 6) is 0.653. The van der Waals surface area contributed by atoms with Gasteiger partial charge in [-0.2, -0.15) is 5.10 Å². The maximum atomic E-state index is 13.1. The molecule has 4 aromatic rings. The third-order valence-electron chi connectivity index (χ3n) is 6.48. The molecular formula is C31H28ClN3O5. The van der Waals surface area contributed by atoms with Crippen LogP contribution >= 0.6 is 11.6 Å². The maximum Gasteiger partial charge on any atom is 0.262 e. The molecular weight excluding hydrogens is 530 g/mol. The number of hydrazone groups is 1. The first-order valence-corrected chi connectivity index (χ1v) is 13.2. The molecule has 0 saturated carbocycles. The zero-order valence-corrected chi connectivity index (χ0v) is 22.8. The Kier molecular flexibility index (Phi) is 8.17. The highest BCUT2D eigenvalue weighted by Crippen LogP contribution is 2.32. The molecule has 1 heterocycles. The third-order valence-corrected chi connectivity index (χ3v) is 6.73. The number of amides is 2. The second kappa shape index (κ2) is 12.1. The highest BCUT2D eigenvalue weighted by atomic mass is 35.5. The summed E-state index contributed by atoms with van der Waals surface area (Å²) in [6, 6.07) is 23.2. The van der Waals surface area contributed by atoms with Crippen molar-refractivity contribution in [1.29, 1.82) is 0 Å². The van der Waals surface area contributed by atoms with Crippen molar-refractivity contribution in [2.24, 2.45) is 11.0 Å². The molecule has 2 amide bonds. The Morgan fingerprint density at radius 2 is 1.77 bits per heavy atom. The fraction of sp³-hybridized carbons (Fsp3) is 0.194. The average molecular weight is 558 g/mol. The van der Waals surface area contributed by atoms with Crippen LogP contribution in [0.1, 0.15) is 35.3 Å². The molecule has 1 unspecified atom stereocenters. The molecule has 40 heavy (non-hydrogen) atoms. The van der Waals surface area contributed by atoms with Crippen LogP contribution in [0.4, 0.5) is 0 Å². The first kappa shape index (κ1) is 27.0. The van der Waals surface area contributed by atoms with Crippen molar-refractivity contribution in [3.8, 4) is 17.2 Å². The number of rotatable bonds is 9. The number of carbonyl (C=O) groups excluding carboxylic acids is 2. The van der Waals surface area contributed by atoms with Crippen molar-refractivity contribution < 1.29 is 23.8 Å². The van der Waals surface area contributed by atoms with Crippen LogP contribution < -0.4 is 25.0 Å². The normalized spacial score (nSPS) is 13.0. The molecule has 4 aromatic carbocycles. The molecule has 5 rings (SSSR count). The number of hydrogen-bond acceptors (Lipinski definition) is 6. The van der Waals surface area contributed by atoms with Gasteiger partial charge in [-0.3, -0.25) is 9.59 Å². The van der Waals surface area contributed by atoms with E-state index >= 15 is 0 Å². The van der Waals surface area contributed by atoms with Gasteiger partial charge in [0.1, 0.15) is 18.4 Å². The second-order valence-electron chi connectivity index (χ2n) is 9.61. The van der Waals surface area contributed by atoms with Gasteiger partial charge in [0.15, 0.2) is 11.5 Å². The molecule has 9 heteroatoms. The molecule has 0 radical (unpaired) electrons. The Hall–Kier alpha value is -4.56. The lowest BCUT2D eigenvalue weighted by atomic mass is 10.0. The lowest BCUT2D eigenvalue weighted by Gasteiger charge is -2.20. The molecule has 0 fully saturated rings. The topological polar surface area (TPSA) is 98.2 Å². The van der Waals surface area contributed by atoms with Crippen LogP contribution in [0.3, 0.4) is 0 Å². The van der Waals surface area contributed by atoms with Gasteiger partial charge in [-0.1, -0.05) is 67.9 Å². The minimum absolute atomic E-state index is 0.111. The summed E-state index contributed by atoms with van der Waals surface area (Å²) in [5, 5.41) is 9.62. The van der Waals surface area contributed by atoms with Crippen LogP contribution in [0.15, 0.2) is 84.0 Å². The Bertz CT molecular complexity index is 1570. The predicted octanol–water partition coefficient (Wildman–Crippen LogP) is 5.71. The number of nitrogens with zero attached hydrogens (tertiary/aromatic N) is 1. The van der Waals surface area contributed by atoms with E-state index in [0.29, 0.717) is 34.4 Å². The average Bonchev–Trinajstić information content (AvgIpc) is 3.44. The molecule has 0 bridgehead atoms. The minimum Gasteiger partial charge on any atom is -0.488 e. The molecule has 0 aromatic heterocycles. The van der Waals surface area contributed by atoms with Crippen LogP contribution in [-0.2, 0) is 11.4 Å². The number of nitrogens with one attached hydrogen (secondary N) is 2. The number of hydrogen-bond donors (Lipinski definition) is 2. The summed E-state index contributed by atoms with van der Waals surface area (Å²) in [7, 11) is 0. The molecule has 1 aliphatic rings. The van der Waals surface area contributed by atoms with Crippen LogP contribution in [0, 0.1) is 5.92 Å². The number of halogens is 1. The van der Waals surface area contributed by atoms with Crippen LogP contribution in [-0.4, -0.2) is 30.9 Å². The number of carbonyl (C=O) groups is 2. The summed E-state index contributed by atoms with van der Waals surface area (Å²) in [5.41, 5.74) is 4.63. The Balaban J connectivity index is 1.31. The third kappa shape index (κ3) is 6.18. The number of benzene rings is 4. The zero-order valence-electron chi connectivity index (χ0n) is 22.0. The predicted molar refractivity (Wildman–Crippen MR) is 154 cm³/mol. The van der Waals surface area contributed by atoms with Crippen molar-refractivity contribution in [3.63, 3.8) is 0 Å². The quantitative estimate of drug-likeness (QED) is 0.203. The molecule has 0 spiro atoms.